The van der Waals surface area contributed by atoms with Gasteiger partial charge in [-0.05, 0) is 37.1 Å². The minimum Gasteiger partial charge on any atom is -0.480 e. The van der Waals surface area contributed by atoms with Gasteiger partial charge in [0.2, 0.25) is 11.8 Å². The summed E-state index contributed by atoms with van der Waals surface area (Å²) in [5, 5.41) is 9.69. The fraction of sp³-hybridized carbons (Fsp3) is 0.320. The van der Waals surface area contributed by atoms with Crippen molar-refractivity contribution in [2.24, 2.45) is 0 Å². The average Bonchev–Trinajstić information content (AvgIpc) is 2.84. The van der Waals surface area contributed by atoms with Crippen LogP contribution in [0, 0.1) is 11.6 Å². The summed E-state index contributed by atoms with van der Waals surface area (Å²) >= 11 is 0. The van der Waals surface area contributed by atoms with Crippen molar-refractivity contribution in [3.63, 3.8) is 0 Å². The number of nitrogens with one attached hydrogen (secondary N) is 3. The number of piperidine rings is 1. The van der Waals surface area contributed by atoms with Gasteiger partial charge in [-0.2, -0.15) is 0 Å². The summed E-state index contributed by atoms with van der Waals surface area (Å²) in [5.41, 5.74) is 1.82. The number of amides is 1. The Labute approximate surface area is 196 Å². The summed E-state index contributed by atoms with van der Waals surface area (Å²) in [4.78, 5) is 21.3. The Kier molecular flexibility index (Phi) is 7.76. The fourth-order valence-corrected chi connectivity index (χ4v) is 3.99. The van der Waals surface area contributed by atoms with Gasteiger partial charge in [0.05, 0.1) is 24.5 Å². The maximum atomic E-state index is 13.7. The minimum absolute atomic E-state index is 0.0345. The van der Waals surface area contributed by atoms with Crippen LogP contribution in [0.2, 0.25) is 0 Å². The molecule has 3 N–H and O–H groups in total. The molecule has 1 fully saturated rings. The van der Waals surface area contributed by atoms with Crippen LogP contribution < -0.4 is 20.7 Å². The average molecular weight is 468 g/mol. The molecule has 7 nitrogen and oxygen atoms in total. The number of methoxy groups -OCH3 is 1. The highest BCUT2D eigenvalue weighted by Crippen LogP contribution is 2.23. The predicted molar refractivity (Wildman–Crippen MR) is 128 cm³/mol. The zero-order valence-electron chi connectivity index (χ0n) is 18.9. The van der Waals surface area contributed by atoms with Crippen LogP contribution in [-0.4, -0.2) is 48.2 Å². The van der Waals surface area contributed by atoms with E-state index < -0.39 is 11.6 Å². The molecule has 2 atom stereocenters. The number of para-hydroxylation sites is 1. The third-order valence-electron chi connectivity index (χ3n) is 5.79. The number of hydrogen-bond donors (Lipinski definition) is 3. The van der Waals surface area contributed by atoms with Crippen molar-refractivity contribution in [1.29, 1.82) is 0 Å². The molecular weight excluding hydrogens is 440 g/mol. The van der Waals surface area contributed by atoms with Crippen LogP contribution in [0.3, 0.4) is 0 Å². The maximum Gasteiger partial charge on any atom is 0.232 e. The number of halogens is 2. The van der Waals surface area contributed by atoms with Gasteiger partial charge in [0.1, 0.15) is 17.2 Å². The lowest BCUT2D eigenvalue weighted by Gasteiger charge is -2.30. The lowest BCUT2D eigenvalue weighted by atomic mass is 9.98. The number of ether oxygens (including phenoxy) is 1. The van der Waals surface area contributed by atoms with Gasteiger partial charge in [-0.15, -0.1) is 0 Å². The highest BCUT2D eigenvalue weighted by Gasteiger charge is 2.22. The first-order valence-electron chi connectivity index (χ1n) is 11.2. The van der Waals surface area contributed by atoms with Gasteiger partial charge in [-0.25, -0.2) is 18.7 Å². The van der Waals surface area contributed by atoms with Gasteiger partial charge >= 0.3 is 0 Å². The van der Waals surface area contributed by atoms with Crippen LogP contribution in [0.25, 0.3) is 17.1 Å². The van der Waals surface area contributed by atoms with Crippen molar-refractivity contribution in [3.8, 4) is 5.88 Å². The second-order valence-corrected chi connectivity index (χ2v) is 8.16. The predicted octanol–water partition coefficient (Wildman–Crippen LogP) is 3.67. The molecule has 1 aromatic heterocycles. The zero-order chi connectivity index (χ0) is 23.9. The van der Waals surface area contributed by atoms with Crippen molar-refractivity contribution in [2.45, 2.75) is 31.3 Å². The molecule has 1 aliphatic rings. The highest BCUT2D eigenvalue weighted by atomic mass is 19.1. The molecule has 2 heterocycles. The van der Waals surface area contributed by atoms with Crippen molar-refractivity contribution >= 4 is 28.7 Å². The molecule has 0 aliphatic carbocycles. The van der Waals surface area contributed by atoms with E-state index in [1.54, 1.807) is 18.3 Å². The number of nitrogens with zero attached hydrogens (tertiary/aromatic N) is 2. The van der Waals surface area contributed by atoms with E-state index in [1.807, 2.05) is 12.1 Å². The van der Waals surface area contributed by atoms with E-state index in [0.29, 0.717) is 42.1 Å². The molecule has 1 aliphatic heterocycles. The van der Waals surface area contributed by atoms with E-state index in [-0.39, 0.29) is 23.6 Å². The van der Waals surface area contributed by atoms with Gasteiger partial charge in [-0.1, -0.05) is 24.3 Å². The van der Waals surface area contributed by atoms with E-state index in [0.717, 1.165) is 12.8 Å². The lowest BCUT2D eigenvalue weighted by Crippen LogP contribution is -2.48. The summed E-state index contributed by atoms with van der Waals surface area (Å²) < 4.78 is 32.5. The second-order valence-electron chi connectivity index (χ2n) is 8.16. The van der Waals surface area contributed by atoms with Crippen molar-refractivity contribution in [2.75, 3.05) is 25.5 Å². The monoisotopic (exact) mass is 467 g/mol. The number of benzene rings is 2. The highest BCUT2D eigenvalue weighted by molar-refractivity contribution is 5.99. The molecule has 0 spiro atoms. The van der Waals surface area contributed by atoms with Crippen molar-refractivity contribution < 1.29 is 18.3 Å². The van der Waals surface area contributed by atoms with E-state index in [4.69, 9.17) is 4.74 Å². The number of hydrogen-bond acceptors (Lipinski definition) is 6. The number of rotatable bonds is 8. The van der Waals surface area contributed by atoms with Crippen LogP contribution in [0.15, 0.2) is 48.7 Å². The van der Waals surface area contributed by atoms with Gasteiger partial charge in [0.15, 0.2) is 0 Å². The molecule has 178 valence electrons. The van der Waals surface area contributed by atoms with Crippen molar-refractivity contribution in [1.82, 2.24) is 20.6 Å². The van der Waals surface area contributed by atoms with Gasteiger partial charge in [-0.3, -0.25) is 4.79 Å². The van der Waals surface area contributed by atoms with E-state index in [1.165, 1.54) is 31.4 Å². The minimum atomic E-state index is -0.577. The molecular formula is C25H27F2N5O2. The molecule has 0 radical (unpaired) electrons. The molecule has 2 unspecified atom stereocenters. The second kappa shape index (κ2) is 11.1. The molecule has 3 aromatic rings. The molecule has 9 heteroatoms. The van der Waals surface area contributed by atoms with Crippen LogP contribution in [0.5, 0.6) is 5.88 Å². The molecule has 4 rings (SSSR count). The third-order valence-corrected chi connectivity index (χ3v) is 5.79. The SMILES string of the molecule is COc1cnc2cccc(NC(=O)CC3CCC(NC/C=C/c4c(F)cccc4F)CN3)c2n1. The Morgan fingerprint density at radius 2 is 2.00 bits per heavy atom. The summed E-state index contributed by atoms with van der Waals surface area (Å²) in [7, 11) is 1.52. The summed E-state index contributed by atoms with van der Waals surface area (Å²) in [5.74, 6) is -0.871. The molecule has 0 bridgehead atoms. The molecule has 0 saturated carbocycles. The first-order chi connectivity index (χ1) is 16.5. The largest absolute Gasteiger partial charge is 0.480 e. The first-order valence-corrected chi connectivity index (χ1v) is 11.2. The Morgan fingerprint density at radius 1 is 1.21 bits per heavy atom. The van der Waals surface area contributed by atoms with Gasteiger partial charge < -0.3 is 20.7 Å². The van der Waals surface area contributed by atoms with Crippen LogP contribution in [0.4, 0.5) is 14.5 Å². The number of carbonyl (C=O) groups is 1. The van der Waals surface area contributed by atoms with Crippen LogP contribution in [-0.2, 0) is 4.79 Å². The number of aromatic nitrogens is 2. The van der Waals surface area contributed by atoms with E-state index in [9.17, 15) is 13.6 Å². The summed E-state index contributed by atoms with van der Waals surface area (Å²) in [6.45, 7) is 1.20. The molecule has 34 heavy (non-hydrogen) atoms. The molecule has 2 aromatic carbocycles. The third kappa shape index (κ3) is 5.92. The van der Waals surface area contributed by atoms with E-state index >= 15 is 0 Å². The zero-order valence-corrected chi connectivity index (χ0v) is 18.9. The standard InChI is InChI=1S/C25H27F2N5O2/c1-34-24-15-30-21-8-3-9-22(25(21)32-24)31-23(33)13-16-10-11-17(14-29-16)28-12-4-5-18-19(26)6-2-7-20(18)27/h2-9,15-17,28-29H,10-14H2,1H3,(H,31,33)/b5-4+. The Bertz CT molecular complexity index is 1160. The Balaban J connectivity index is 1.23. The van der Waals surface area contributed by atoms with Crippen molar-refractivity contribution in [3.05, 3.63) is 65.9 Å². The maximum absolute atomic E-state index is 13.7. The topological polar surface area (TPSA) is 88.2 Å². The van der Waals surface area contributed by atoms with Crippen LogP contribution >= 0.6 is 0 Å². The number of carbonyl (C=O) groups excluding carboxylic acids is 1. The van der Waals surface area contributed by atoms with Gasteiger partial charge in [0, 0.05) is 37.2 Å². The lowest BCUT2D eigenvalue weighted by molar-refractivity contribution is -0.116. The van der Waals surface area contributed by atoms with E-state index in [2.05, 4.69) is 25.9 Å². The normalized spacial score (nSPS) is 18.3. The summed E-state index contributed by atoms with van der Waals surface area (Å²) in [6, 6.07) is 9.55. The Morgan fingerprint density at radius 3 is 2.74 bits per heavy atom. The fourth-order valence-electron chi connectivity index (χ4n) is 3.99. The summed E-state index contributed by atoms with van der Waals surface area (Å²) in [6.07, 6.45) is 6.77. The smallest absolute Gasteiger partial charge is 0.232 e. The quantitative estimate of drug-likeness (QED) is 0.469. The number of anilines is 1. The molecule has 1 amide bonds. The Hall–Kier alpha value is -3.43. The van der Waals surface area contributed by atoms with Crippen LogP contribution in [0.1, 0.15) is 24.8 Å². The molecule has 1 saturated heterocycles. The first kappa shape index (κ1) is 23.7. The van der Waals surface area contributed by atoms with Gasteiger partial charge in [0.25, 0.3) is 0 Å². The number of fused-ring (bicyclic) bond motifs is 1.